The summed E-state index contributed by atoms with van der Waals surface area (Å²) < 4.78 is 3.95. The molecule has 4 rings (SSSR count). The van der Waals surface area contributed by atoms with Crippen LogP contribution in [0.5, 0.6) is 0 Å². The maximum Gasteiger partial charge on any atom is 0.191 e. The molecule has 2 aromatic carbocycles. The highest BCUT2D eigenvalue weighted by atomic mass is 15.3. The first-order valence-electron chi connectivity index (χ1n) is 10.5. The molecule has 7 heteroatoms. The Morgan fingerprint density at radius 2 is 1.71 bits per heavy atom. The number of hydrogen-bond acceptors (Lipinski definition) is 3. The van der Waals surface area contributed by atoms with Gasteiger partial charge in [-0.1, -0.05) is 42.5 Å². The van der Waals surface area contributed by atoms with Crippen LogP contribution in [0.15, 0.2) is 90.7 Å². The van der Waals surface area contributed by atoms with Crippen molar-refractivity contribution < 1.29 is 0 Å². The zero-order valence-corrected chi connectivity index (χ0v) is 17.6. The van der Waals surface area contributed by atoms with E-state index in [0.717, 1.165) is 30.3 Å². The van der Waals surface area contributed by atoms with E-state index < -0.39 is 0 Å². The summed E-state index contributed by atoms with van der Waals surface area (Å²) in [6, 6.07) is 18.6. The average molecular weight is 414 g/mol. The molecular formula is C24H27N7. The van der Waals surface area contributed by atoms with Crippen molar-refractivity contribution in [3.8, 4) is 5.69 Å². The van der Waals surface area contributed by atoms with E-state index in [1.165, 1.54) is 11.1 Å². The van der Waals surface area contributed by atoms with Gasteiger partial charge in [-0.15, -0.1) is 0 Å². The summed E-state index contributed by atoms with van der Waals surface area (Å²) in [6.45, 7) is 4.87. The fraction of sp³-hybridized carbons (Fsp3) is 0.208. The molecule has 7 nitrogen and oxygen atoms in total. The van der Waals surface area contributed by atoms with E-state index in [1.54, 1.807) is 12.4 Å². The number of rotatable bonds is 8. The second kappa shape index (κ2) is 10.2. The normalized spacial score (nSPS) is 11.5. The van der Waals surface area contributed by atoms with Crippen LogP contribution >= 0.6 is 0 Å². The minimum Gasteiger partial charge on any atom is -0.357 e. The number of aromatic nitrogens is 4. The molecular weight excluding hydrogens is 386 g/mol. The molecule has 2 aromatic heterocycles. The van der Waals surface area contributed by atoms with Gasteiger partial charge in [0, 0.05) is 37.9 Å². The first kappa shape index (κ1) is 20.4. The Labute approximate surface area is 182 Å². The minimum atomic E-state index is 0.568. The molecule has 0 bridgehead atoms. The first-order chi connectivity index (χ1) is 15.3. The molecule has 0 atom stereocenters. The summed E-state index contributed by atoms with van der Waals surface area (Å²) in [5.74, 6) is 0.789. The van der Waals surface area contributed by atoms with Crippen LogP contribution in [0.4, 0.5) is 0 Å². The molecule has 158 valence electrons. The molecule has 2 heterocycles. The predicted molar refractivity (Wildman–Crippen MR) is 123 cm³/mol. The third-order valence-corrected chi connectivity index (χ3v) is 4.98. The van der Waals surface area contributed by atoms with Gasteiger partial charge in [0.2, 0.25) is 0 Å². The number of benzene rings is 2. The Morgan fingerprint density at radius 1 is 0.903 bits per heavy atom. The van der Waals surface area contributed by atoms with Crippen molar-refractivity contribution >= 4 is 5.96 Å². The highest BCUT2D eigenvalue weighted by molar-refractivity contribution is 5.79. The van der Waals surface area contributed by atoms with E-state index in [-0.39, 0.29) is 0 Å². The Bertz CT molecular complexity index is 1100. The minimum absolute atomic E-state index is 0.568. The zero-order valence-electron chi connectivity index (χ0n) is 17.6. The second-order valence-corrected chi connectivity index (χ2v) is 7.12. The lowest BCUT2D eigenvalue weighted by atomic mass is 10.1. The van der Waals surface area contributed by atoms with E-state index in [4.69, 9.17) is 4.99 Å². The van der Waals surface area contributed by atoms with Gasteiger partial charge in [0.25, 0.3) is 0 Å². The lowest BCUT2D eigenvalue weighted by molar-refractivity contribution is 0.677. The van der Waals surface area contributed by atoms with Crippen molar-refractivity contribution in [2.75, 3.05) is 6.54 Å². The number of hydrogen-bond donors (Lipinski definition) is 2. The van der Waals surface area contributed by atoms with Crippen molar-refractivity contribution in [3.05, 3.63) is 102 Å². The van der Waals surface area contributed by atoms with Crippen LogP contribution in [0.2, 0.25) is 0 Å². The third-order valence-electron chi connectivity index (χ3n) is 4.98. The molecule has 0 saturated heterocycles. The number of guanidine groups is 1. The van der Waals surface area contributed by atoms with Crippen LogP contribution in [0.3, 0.4) is 0 Å². The molecule has 0 amide bonds. The van der Waals surface area contributed by atoms with E-state index >= 15 is 0 Å². The van der Waals surface area contributed by atoms with Gasteiger partial charge >= 0.3 is 0 Å². The summed E-state index contributed by atoms with van der Waals surface area (Å²) in [4.78, 5) is 8.98. The summed E-state index contributed by atoms with van der Waals surface area (Å²) in [5, 5.41) is 11.1. The Balaban J connectivity index is 1.47. The number of para-hydroxylation sites is 1. The Kier molecular flexibility index (Phi) is 6.74. The molecule has 0 saturated carbocycles. The number of nitrogens with zero attached hydrogens (tertiary/aromatic N) is 5. The highest BCUT2D eigenvalue weighted by Crippen LogP contribution is 2.15. The molecule has 0 fully saturated rings. The fourth-order valence-corrected chi connectivity index (χ4v) is 3.44. The van der Waals surface area contributed by atoms with Crippen molar-refractivity contribution in [2.45, 2.75) is 26.6 Å². The van der Waals surface area contributed by atoms with Gasteiger partial charge in [-0.2, -0.15) is 5.10 Å². The summed E-state index contributed by atoms with van der Waals surface area (Å²) >= 11 is 0. The smallest absolute Gasteiger partial charge is 0.191 e. The van der Waals surface area contributed by atoms with Crippen LogP contribution in [0.25, 0.3) is 5.69 Å². The lowest BCUT2D eigenvalue weighted by Gasteiger charge is -2.15. The molecule has 31 heavy (non-hydrogen) atoms. The standard InChI is InChI=1S/C24H27N7/c1-2-26-24(28-17-21-9-5-6-11-23(21)30-15-13-25-19-30)27-16-20-8-3-4-10-22(20)18-31-14-7-12-29-31/h3-15,19H,2,16-18H2,1H3,(H2,26,27,28). The molecule has 0 aliphatic rings. The van der Waals surface area contributed by atoms with Gasteiger partial charge in [-0.25, -0.2) is 9.98 Å². The third kappa shape index (κ3) is 5.39. The van der Waals surface area contributed by atoms with Crippen LogP contribution in [-0.4, -0.2) is 31.8 Å². The monoisotopic (exact) mass is 413 g/mol. The van der Waals surface area contributed by atoms with Crippen LogP contribution in [0, 0.1) is 0 Å². The summed E-state index contributed by atoms with van der Waals surface area (Å²) in [5.41, 5.74) is 4.68. The first-order valence-corrected chi connectivity index (χ1v) is 10.5. The molecule has 0 aliphatic heterocycles. The molecule has 0 spiro atoms. The van der Waals surface area contributed by atoms with E-state index in [1.807, 2.05) is 46.2 Å². The van der Waals surface area contributed by atoms with Crippen molar-refractivity contribution in [1.29, 1.82) is 0 Å². The molecule has 0 aliphatic carbocycles. The lowest BCUT2D eigenvalue weighted by Crippen LogP contribution is -2.37. The van der Waals surface area contributed by atoms with Gasteiger partial charge in [-0.3, -0.25) is 4.68 Å². The Hall–Kier alpha value is -3.87. The van der Waals surface area contributed by atoms with Gasteiger partial charge in [0.15, 0.2) is 5.96 Å². The predicted octanol–water partition coefficient (Wildman–Crippen LogP) is 3.37. The average Bonchev–Trinajstić information content (AvgIpc) is 3.51. The Morgan fingerprint density at radius 3 is 2.45 bits per heavy atom. The fourth-order valence-electron chi connectivity index (χ4n) is 3.44. The highest BCUT2D eigenvalue weighted by Gasteiger charge is 2.06. The molecule has 2 N–H and O–H groups in total. The van der Waals surface area contributed by atoms with E-state index in [2.05, 4.69) is 64.0 Å². The molecule has 4 aromatic rings. The molecule has 0 unspecified atom stereocenters. The van der Waals surface area contributed by atoms with Crippen molar-refractivity contribution in [1.82, 2.24) is 30.0 Å². The summed E-state index contributed by atoms with van der Waals surface area (Å²) in [7, 11) is 0. The summed E-state index contributed by atoms with van der Waals surface area (Å²) in [6.07, 6.45) is 9.32. The number of imidazole rings is 1. The van der Waals surface area contributed by atoms with E-state index in [9.17, 15) is 0 Å². The SMILES string of the molecule is CCNC(=NCc1ccccc1-n1ccnc1)NCc1ccccc1Cn1cccn1. The largest absolute Gasteiger partial charge is 0.357 e. The van der Waals surface area contributed by atoms with Crippen LogP contribution in [-0.2, 0) is 19.6 Å². The van der Waals surface area contributed by atoms with Crippen LogP contribution < -0.4 is 10.6 Å². The molecule has 0 radical (unpaired) electrons. The second-order valence-electron chi connectivity index (χ2n) is 7.12. The van der Waals surface area contributed by atoms with Gasteiger partial charge in [0.1, 0.15) is 0 Å². The van der Waals surface area contributed by atoms with Gasteiger partial charge in [0.05, 0.1) is 25.1 Å². The zero-order chi connectivity index (χ0) is 21.3. The van der Waals surface area contributed by atoms with Crippen molar-refractivity contribution in [3.63, 3.8) is 0 Å². The van der Waals surface area contributed by atoms with Gasteiger partial charge < -0.3 is 15.2 Å². The van der Waals surface area contributed by atoms with Crippen LogP contribution in [0.1, 0.15) is 23.6 Å². The number of nitrogens with one attached hydrogen (secondary N) is 2. The quantitative estimate of drug-likeness (QED) is 0.343. The van der Waals surface area contributed by atoms with E-state index in [0.29, 0.717) is 13.1 Å². The topological polar surface area (TPSA) is 72.1 Å². The number of aliphatic imine (C=N–C) groups is 1. The van der Waals surface area contributed by atoms with Gasteiger partial charge in [-0.05, 0) is 35.7 Å². The maximum absolute atomic E-state index is 4.82. The van der Waals surface area contributed by atoms with Crippen molar-refractivity contribution in [2.24, 2.45) is 4.99 Å². The maximum atomic E-state index is 4.82.